The molecule has 3 heterocycles. The van der Waals surface area contributed by atoms with Crippen LogP contribution in [0.2, 0.25) is 0 Å². The topological polar surface area (TPSA) is 79.9 Å². The highest BCUT2D eigenvalue weighted by Crippen LogP contribution is 2.47. The van der Waals surface area contributed by atoms with Crippen molar-refractivity contribution in [2.75, 3.05) is 31.5 Å². The van der Waals surface area contributed by atoms with Gasteiger partial charge in [0.15, 0.2) is 11.5 Å². The van der Waals surface area contributed by atoms with E-state index >= 15 is 0 Å². The van der Waals surface area contributed by atoms with Gasteiger partial charge >= 0.3 is 0 Å². The van der Waals surface area contributed by atoms with Crippen LogP contribution >= 0.6 is 11.3 Å². The molecule has 1 aliphatic carbocycles. The van der Waals surface area contributed by atoms with Gasteiger partial charge in [0.05, 0.1) is 6.54 Å². The molecule has 2 aliphatic heterocycles. The van der Waals surface area contributed by atoms with Crippen LogP contribution in [0, 0.1) is 5.92 Å². The normalized spacial score (nSPS) is 19.6. The molecule has 0 atom stereocenters. The van der Waals surface area contributed by atoms with Gasteiger partial charge in [-0.25, -0.2) is 0 Å². The van der Waals surface area contributed by atoms with Crippen molar-refractivity contribution in [3.63, 3.8) is 0 Å². The number of carbonyl (C=O) groups is 2. The monoisotopic (exact) mass is 469 g/mol. The number of piperidine rings is 1. The van der Waals surface area contributed by atoms with Gasteiger partial charge < -0.3 is 20.1 Å². The number of benzene rings is 1. The van der Waals surface area contributed by atoms with Crippen LogP contribution < -0.4 is 20.1 Å². The summed E-state index contributed by atoms with van der Waals surface area (Å²) in [5.41, 5.74) is 0.720. The molecule has 1 saturated heterocycles. The SMILES string of the molecule is O=C(CN1CCC(C(=O)NCCc2cccs2)CC1)Nc1ccc2c(c1)OC1(CCCC1)O2. The third-order valence-corrected chi connectivity index (χ3v) is 7.70. The molecule has 2 N–H and O–H groups in total. The second-order valence-electron chi connectivity index (χ2n) is 9.20. The first-order chi connectivity index (χ1) is 16.1. The molecular weight excluding hydrogens is 438 g/mol. The Hall–Kier alpha value is -2.58. The number of rotatable bonds is 7. The summed E-state index contributed by atoms with van der Waals surface area (Å²) in [5.74, 6) is 1.08. The third kappa shape index (κ3) is 5.33. The maximum Gasteiger partial charge on any atom is 0.251 e. The number of fused-ring (bicyclic) bond motifs is 1. The Morgan fingerprint density at radius 2 is 1.88 bits per heavy atom. The molecule has 2 amide bonds. The van der Waals surface area contributed by atoms with Crippen LogP contribution in [-0.2, 0) is 16.0 Å². The van der Waals surface area contributed by atoms with Crippen molar-refractivity contribution in [2.45, 2.75) is 50.7 Å². The lowest BCUT2D eigenvalue weighted by Gasteiger charge is -2.30. The number of hydrogen-bond donors (Lipinski definition) is 2. The minimum atomic E-state index is -0.494. The van der Waals surface area contributed by atoms with Gasteiger partial charge in [-0.15, -0.1) is 11.3 Å². The molecule has 2 aromatic rings. The van der Waals surface area contributed by atoms with Crippen molar-refractivity contribution >= 4 is 28.8 Å². The first kappa shape index (κ1) is 22.2. The van der Waals surface area contributed by atoms with Crippen molar-refractivity contribution in [1.29, 1.82) is 0 Å². The van der Waals surface area contributed by atoms with Crippen molar-refractivity contribution in [1.82, 2.24) is 10.2 Å². The summed E-state index contributed by atoms with van der Waals surface area (Å²) >= 11 is 1.72. The van der Waals surface area contributed by atoms with E-state index in [1.165, 1.54) is 4.88 Å². The van der Waals surface area contributed by atoms with E-state index in [4.69, 9.17) is 9.47 Å². The van der Waals surface area contributed by atoms with Gasteiger partial charge in [-0.05, 0) is 68.8 Å². The molecule has 0 unspecified atom stereocenters. The van der Waals surface area contributed by atoms with Crippen LogP contribution in [0.25, 0.3) is 0 Å². The summed E-state index contributed by atoms with van der Waals surface area (Å²) in [6.07, 6.45) is 6.49. The lowest BCUT2D eigenvalue weighted by atomic mass is 9.96. The molecular formula is C25H31N3O4S. The van der Waals surface area contributed by atoms with Gasteiger partial charge in [0.2, 0.25) is 11.8 Å². The van der Waals surface area contributed by atoms with Gasteiger partial charge in [0.25, 0.3) is 5.79 Å². The van der Waals surface area contributed by atoms with E-state index in [9.17, 15) is 9.59 Å². The molecule has 8 heteroatoms. The summed E-state index contributed by atoms with van der Waals surface area (Å²) in [4.78, 5) is 28.5. The van der Waals surface area contributed by atoms with Crippen LogP contribution in [0.1, 0.15) is 43.4 Å². The Morgan fingerprint density at radius 1 is 1.09 bits per heavy atom. The average molecular weight is 470 g/mol. The molecule has 1 aromatic heterocycles. The van der Waals surface area contributed by atoms with E-state index in [0.29, 0.717) is 18.8 Å². The molecule has 1 saturated carbocycles. The number of hydrogen-bond acceptors (Lipinski definition) is 6. The van der Waals surface area contributed by atoms with Crippen molar-refractivity contribution < 1.29 is 19.1 Å². The predicted molar refractivity (Wildman–Crippen MR) is 128 cm³/mol. The Kier molecular flexibility index (Phi) is 6.55. The third-order valence-electron chi connectivity index (χ3n) is 6.76. The lowest BCUT2D eigenvalue weighted by molar-refractivity contribution is -0.126. The van der Waals surface area contributed by atoms with E-state index in [-0.39, 0.29) is 17.7 Å². The minimum absolute atomic E-state index is 0.0319. The molecule has 1 aromatic carbocycles. The number of nitrogens with one attached hydrogen (secondary N) is 2. The molecule has 0 radical (unpaired) electrons. The molecule has 7 nitrogen and oxygen atoms in total. The highest BCUT2D eigenvalue weighted by molar-refractivity contribution is 7.09. The van der Waals surface area contributed by atoms with Crippen molar-refractivity contribution in [2.24, 2.45) is 5.92 Å². The summed E-state index contributed by atoms with van der Waals surface area (Å²) in [6.45, 7) is 2.50. The number of likely N-dealkylation sites (tertiary alicyclic amines) is 1. The second-order valence-corrected chi connectivity index (χ2v) is 10.2. The number of anilines is 1. The fourth-order valence-corrected chi connectivity index (χ4v) is 5.66. The quantitative estimate of drug-likeness (QED) is 0.645. The summed E-state index contributed by atoms with van der Waals surface area (Å²) < 4.78 is 12.1. The van der Waals surface area contributed by atoms with Crippen LogP contribution in [0.4, 0.5) is 5.69 Å². The largest absolute Gasteiger partial charge is 0.448 e. The number of nitrogens with zero attached hydrogens (tertiary/aromatic N) is 1. The van der Waals surface area contributed by atoms with E-state index in [0.717, 1.165) is 69.5 Å². The summed E-state index contributed by atoms with van der Waals surface area (Å²) in [5, 5.41) is 8.10. The fourth-order valence-electron chi connectivity index (χ4n) is 4.95. The summed E-state index contributed by atoms with van der Waals surface area (Å²) in [6, 6.07) is 9.72. The van der Waals surface area contributed by atoms with Crippen LogP contribution in [-0.4, -0.2) is 48.7 Å². The van der Waals surface area contributed by atoms with E-state index < -0.39 is 5.79 Å². The van der Waals surface area contributed by atoms with E-state index in [1.807, 2.05) is 24.3 Å². The zero-order chi connectivity index (χ0) is 22.7. The van der Waals surface area contributed by atoms with Crippen LogP contribution in [0.15, 0.2) is 35.7 Å². The minimum Gasteiger partial charge on any atom is -0.448 e. The summed E-state index contributed by atoms with van der Waals surface area (Å²) in [7, 11) is 0. The Balaban J connectivity index is 1.04. The Labute approximate surface area is 198 Å². The van der Waals surface area contributed by atoms with Crippen molar-refractivity contribution in [3.8, 4) is 11.5 Å². The Bertz CT molecular complexity index is 980. The molecule has 3 aliphatic rings. The zero-order valence-electron chi connectivity index (χ0n) is 18.8. The first-order valence-corrected chi connectivity index (χ1v) is 12.8. The standard InChI is InChI=1S/C25H31N3O4S/c29-23(27-19-5-6-21-22(16-19)32-25(31-21)10-1-2-11-25)17-28-13-8-18(9-14-28)24(30)26-12-7-20-4-3-15-33-20/h3-6,15-16,18H,1-2,7-14,17H2,(H,26,30)(H,27,29). The van der Waals surface area contributed by atoms with Crippen LogP contribution in [0.3, 0.4) is 0 Å². The fraction of sp³-hybridized carbons (Fsp3) is 0.520. The van der Waals surface area contributed by atoms with Gasteiger partial charge in [-0.1, -0.05) is 6.07 Å². The number of amides is 2. The number of carbonyl (C=O) groups excluding carboxylic acids is 2. The molecule has 33 heavy (non-hydrogen) atoms. The van der Waals surface area contributed by atoms with Gasteiger partial charge in [-0.3, -0.25) is 14.5 Å². The second kappa shape index (κ2) is 9.73. The highest BCUT2D eigenvalue weighted by atomic mass is 32.1. The maximum atomic E-state index is 12.6. The predicted octanol–water partition coefficient (Wildman–Crippen LogP) is 3.80. The molecule has 0 bridgehead atoms. The maximum absolute atomic E-state index is 12.6. The number of ether oxygens (including phenoxy) is 2. The van der Waals surface area contributed by atoms with E-state index in [1.54, 1.807) is 11.3 Å². The molecule has 1 spiro atoms. The average Bonchev–Trinajstić information content (AvgIpc) is 3.55. The van der Waals surface area contributed by atoms with Crippen LogP contribution in [0.5, 0.6) is 11.5 Å². The Morgan fingerprint density at radius 3 is 2.64 bits per heavy atom. The van der Waals surface area contributed by atoms with Gasteiger partial charge in [-0.2, -0.15) is 0 Å². The van der Waals surface area contributed by atoms with E-state index in [2.05, 4.69) is 27.0 Å². The van der Waals surface area contributed by atoms with Gasteiger partial charge in [0, 0.05) is 41.9 Å². The highest BCUT2D eigenvalue weighted by Gasteiger charge is 2.44. The van der Waals surface area contributed by atoms with Gasteiger partial charge in [0.1, 0.15) is 0 Å². The van der Waals surface area contributed by atoms with Crippen molar-refractivity contribution in [3.05, 3.63) is 40.6 Å². The first-order valence-electron chi connectivity index (χ1n) is 11.9. The zero-order valence-corrected chi connectivity index (χ0v) is 19.6. The molecule has 176 valence electrons. The number of thiophene rings is 1. The lowest BCUT2D eigenvalue weighted by Crippen LogP contribution is -2.43. The molecule has 2 fully saturated rings. The molecule has 5 rings (SSSR count). The smallest absolute Gasteiger partial charge is 0.251 e.